The van der Waals surface area contributed by atoms with E-state index >= 15 is 0 Å². The summed E-state index contributed by atoms with van der Waals surface area (Å²) < 4.78 is 44.2. The first kappa shape index (κ1) is 51.0. The van der Waals surface area contributed by atoms with Gasteiger partial charge in [0.1, 0.15) is 12.3 Å². The second kappa shape index (κ2) is 21.3. The Bertz CT molecular complexity index is 3060. The number of hydrogen-bond acceptors (Lipinski definition) is 16. The average molecular weight is 1010 g/mol. The molecule has 0 spiro atoms. The van der Waals surface area contributed by atoms with Crippen LogP contribution in [-0.4, -0.2) is 83.8 Å². The number of nitrogens with one attached hydrogen (secondary N) is 2. The first-order valence-corrected chi connectivity index (χ1v) is 24.8. The van der Waals surface area contributed by atoms with Crippen molar-refractivity contribution in [2.24, 2.45) is 14.1 Å². The van der Waals surface area contributed by atoms with Crippen molar-refractivity contribution in [2.75, 3.05) is 10.6 Å². The van der Waals surface area contributed by atoms with Crippen molar-refractivity contribution >= 4 is 34.8 Å². The Morgan fingerprint density at radius 2 is 1.03 bits per heavy atom. The Balaban J connectivity index is 0.000000182. The number of fused-ring (bicyclic) bond motifs is 2. The molecule has 2 N–H and O–H groups in total. The molecule has 2 aliphatic rings. The molecule has 384 valence electrons. The number of halogens is 2. The molecule has 10 rings (SSSR count). The van der Waals surface area contributed by atoms with Crippen molar-refractivity contribution in [3.63, 3.8) is 0 Å². The zero-order valence-corrected chi connectivity index (χ0v) is 42.8. The van der Waals surface area contributed by atoms with E-state index in [1.165, 1.54) is 0 Å². The van der Waals surface area contributed by atoms with E-state index in [1.807, 2.05) is 117 Å². The van der Waals surface area contributed by atoms with Crippen LogP contribution >= 0.6 is 0 Å². The lowest BCUT2D eigenvalue weighted by Crippen LogP contribution is -2.11. The molecule has 8 aromatic rings. The Morgan fingerprint density at radius 1 is 0.608 bits per heavy atom. The average Bonchev–Trinajstić information content (AvgIpc) is 4.19. The molecule has 2 aliphatic carbocycles. The second-order valence-electron chi connectivity index (χ2n) is 21.1. The number of aromatic nitrogens is 12. The third-order valence-electron chi connectivity index (χ3n) is 13.0. The SMILES string of the molecule is Cn1cc(Nc2nccc(-c3ccc4c(c3)C[C@@H](F)CC[C@H]4CC(=O)c3nnc(C(C)(C)C)o3)n2)cn1.Cn1cc(Nc2nccc(-c3ccc4c(c3)C[C@H](F)CC[C@@H]4CC(=O)c3nnc(C(C)(C)C)o3)n2)cn1. The third-order valence-corrected chi connectivity index (χ3v) is 13.0. The minimum Gasteiger partial charge on any atom is -0.418 e. The fourth-order valence-electron chi connectivity index (χ4n) is 9.15. The number of alkyl halides is 2. The van der Waals surface area contributed by atoms with Crippen LogP contribution in [0.15, 0.2) is 94.5 Å². The van der Waals surface area contributed by atoms with E-state index in [4.69, 9.17) is 8.83 Å². The first-order chi connectivity index (χ1) is 35.3. The number of hydrogen-bond donors (Lipinski definition) is 2. The predicted octanol–water partition coefficient (Wildman–Crippen LogP) is 10.7. The van der Waals surface area contributed by atoms with Crippen molar-refractivity contribution in [2.45, 2.75) is 128 Å². The van der Waals surface area contributed by atoms with Crippen LogP contribution in [0.3, 0.4) is 0 Å². The van der Waals surface area contributed by atoms with Crippen LogP contribution in [0.4, 0.5) is 32.1 Å². The molecule has 0 unspecified atom stereocenters. The van der Waals surface area contributed by atoms with Crippen LogP contribution in [0.2, 0.25) is 0 Å². The molecule has 6 heterocycles. The van der Waals surface area contributed by atoms with E-state index in [9.17, 15) is 18.4 Å². The highest BCUT2D eigenvalue weighted by molar-refractivity contribution is 5.92. The normalized spacial score (nSPS) is 17.8. The van der Waals surface area contributed by atoms with Crippen LogP contribution in [-0.2, 0) is 37.8 Å². The molecule has 0 aliphatic heterocycles. The summed E-state index contributed by atoms with van der Waals surface area (Å²) in [5, 5.41) is 30.6. The molecule has 2 aromatic carbocycles. The minimum absolute atomic E-state index is 0.0128. The number of Topliss-reactive ketones (excluding diaryl/α,β-unsaturated/α-hetero) is 2. The molecule has 6 aromatic heterocycles. The summed E-state index contributed by atoms with van der Waals surface area (Å²) in [7, 11) is 3.67. The zero-order chi connectivity index (χ0) is 52.3. The van der Waals surface area contributed by atoms with Gasteiger partial charge in [-0.05, 0) is 84.0 Å². The van der Waals surface area contributed by atoms with Gasteiger partial charge in [0.25, 0.3) is 11.8 Å². The van der Waals surface area contributed by atoms with E-state index in [0.717, 1.165) is 56.1 Å². The molecule has 4 atom stereocenters. The molecule has 20 heteroatoms. The predicted molar refractivity (Wildman–Crippen MR) is 273 cm³/mol. The maximum Gasteiger partial charge on any atom is 0.284 e. The van der Waals surface area contributed by atoms with E-state index in [1.54, 1.807) is 34.2 Å². The Labute approximate surface area is 427 Å². The number of nitrogens with zero attached hydrogens (tertiary/aromatic N) is 12. The highest BCUT2D eigenvalue weighted by atomic mass is 19.1. The van der Waals surface area contributed by atoms with Gasteiger partial charge >= 0.3 is 0 Å². The van der Waals surface area contributed by atoms with Gasteiger partial charge in [-0.25, -0.2) is 28.7 Å². The number of rotatable bonds is 12. The highest BCUT2D eigenvalue weighted by Crippen LogP contribution is 2.39. The summed E-state index contributed by atoms with van der Waals surface area (Å²) in [4.78, 5) is 43.9. The standard InChI is InChI=1S/2C27H30FN7O2/c2*1-27(2,3)25-34-33-24(37-25)23(36)13-16-5-7-19(28)12-18-11-17(6-8-21(16)18)22-9-10-29-26(32-22)31-20-14-30-35(4)15-20/h2*6,8-11,14-16,19H,5,7,12-13H2,1-4H3,(H,29,31,32)/t2*16-,19-/m10/s1. The largest absolute Gasteiger partial charge is 0.418 e. The summed E-state index contributed by atoms with van der Waals surface area (Å²) in [6.07, 6.45) is 11.4. The van der Waals surface area contributed by atoms with Gasteiger partial charge in [0.05, 0.1) is 35.2 Å². The van der Waals surface area contributed by atoms with Crippen molar-refractivity contribution in [3.05, 3.63) is 132 Å². The lowest BCUT2D eigenvalue weighted by molar-refractivity contribution is 0.0927. The molecule has 0 saturated carbocycles. The molecular formula is C54H60F2N14O4. The van der Waals surface area contributed by atoms with Gasteiger partial charge in [0, 0.05) is 86.5 Å². The molecule has 0 amide bonds. The van der Waals surface area contributed by atoms with E-state index in [0.29, 0.717) is 62.2 Å². The van der Waals surface area contributed by atoms with Crippen molar-refractivity contribution < 1.29 is 27.2 Å². The monoisotopic (exact) mass is 1010 g/mol. The van der Waals surface area contributed by atoms with Crippen LogP contribution in [0.5, 0.6) is 0 Å². The molecule has 0 saturated heterocycles. The first-order valence-electron chi connectivity index (χ1n) is 24.8. The maximum absolute atomic E-state index is 14.8. The molecular weight excluding hydrogens is 947 g/mol. The topological polar surface area (TPSA) is 223 Å². The number of carbonyl (C=O) groups is 2. The second-order valence-corrected chi connectivity index (χ2v) is 21.1. The fourth-order valence-corrected chi connectivity index (χ4v) is 9.15. The van der Waals surface area contributed by atoms with E-state index in [-0.39, 0.29) is 58.9 Å². The smallest absolute Gasteiger partial charge is 0.284 e. The quantitative estimate of drug-likeness (QED) is 0.0857. The lowest BCUT2D eigenvalue weighted by atomic mass is 9.87. The van der Waals surface area contributed by atoms with Gasteiger partial charge in [-0.3, -0.25) is 19.0 Å². The number of anilines is 4. The number of ketones is 2. The molecule has 0 fully saturated rings. The minimum atomic E-state index is -0.974. The van der Waals surface area contributed by atoms with E-state index in [2.05, 4.69) is 61.2 Å². The highest BCUT2D eigenvalue weighted by Gasteiger charge is 2.32. The van der Waals surface area contributed by atoms with Gasteiger partial charge < -0.3 is 19.5 Å². The van der Waals surface area contributed by atoms with E-state index < -0.39 is 12.3 Å². The van der Waals surface area contributed by atoms with Crippen LogP contribution in [0.1, 0.15) is 147 Å². The van der Waals surface area contributed by atoms with Crippen molar-refractivity contribution in [1.82, 2.24) is 59.9 Å². The van der Waals surface area contributed by atoms with Crippen molar-refractivity contribution in [1.29, 1.82) is 0 Å². The zero-order valence-electron chi connectivity index (χ0n) is 42.8. The Kier molecular flexibility index (Phi) is 14.7. The summed E-state index contributed by atoms with van der Waals surface area (Å²) in [5.74, 6) is 1.07. The molecule has 74 heavy (non-hydrogen) atoms. The van der Waals surface area contributed by atoms with Crippen LogP contribution in [0.25, 0.3) is 22.5 Å². The molecule has 0 bridgehead atoms. The fraction of sp³-hybridized carbons (Fsp3) is 0.407. The third kappa shape index (κ3) is 12.3. The summed E-state index contributed by atoms with van der Waals surface area (Å²) >= 11 is 0. The van der Waals surface area contributed by atoms with Gasteiger partial charge in [-0.2, -0.15) is 10.2 Å². The van der Waals surface area contributed by atoms with Gasteiger partial charge in [-0.15, -0.1) is 20.4 Å². The summed E-state index contributed by atoms with van der Waals surface area (Å²) in [5.41, 5.74) is 7.79. The molecule has 18 nitrogen and oxygen atoms in total. The lowest BCUT2D eigenvalue weighted by Gasteiger charge is -2.17. The van der Waals surface area contributed by atoms with Crippen LogP contribution < -0.4 is 10.6 Å². The van der Waals surface area contributed by atoms with Gasteiger partial charge in [-0.1, -0.05) is 65.8 Å². The maximum atomic E-state index is 14.8. The number of aryl methyl sites for hydroxylation is 2. The van der Waals surface area contributed by atoms with Crippen molar-refractivity contribution in [3.8, 4) is 22.5 Å². The summed E-state index contributed by atoms with van der Waals surface area (Å²) in [6.45, 7) is 11.7. The number of benzene rings is 2. The summed E-state index contributed by atoms with van der Waals surface area (Å²) in [6, 6.07) is 15.5. The number of carbonyl (C=O) groups excluding carboxylic acids is 2. The Morgan fingerprint density at radius 3 is 1.39 bits per heavy atom. The molecule has 0 radical (unpaired) electrons. The van der Waals surface area contributed by atoms with Gasteiger partial charge in [0.2, 0.25) is 35.2 Å². The Hall–Kier alpha value is -7.90. The van der Waals surface area contributed by atoms with Gasteiger partial charge in [0.15, 0.2) is 0 Å². The van der Waals surface area contributed by atoms with Crippen LogP contribution in [0, 0.1) is 0 Å².